The monoisotopic (exact) mass is 461 g/mol. The van der Waals surface area contributed by atoms with Crippen LogP contribution in [0.25, 0.3) is 0 Å². The number of benzene rings is 2. The lowest BCUT2D eigenvalue weighted by Gasteiger charge is -2.23. The Bertz CT molecular complexity index is 1090. The van der Waals surface area contributed by atoms with Gasteiger partial charge in [0.05, 0.1) is 18.6 Å². The minimum absolute atomic E-state index is 0.0752. The van der Waals surface area contributed by atoms with Crippen LogP contribution in [0.3, 0.4) is 0 Å². The number of furan rings is 1. The third-order valence-electron chi connectivity index (χ3n) is 6.19. The fourth-order valence-corrected chi connectivity index (χ4v) is 5.54. The SMILES string of the molecule is O=C(NCc1ccc(N2CCCC2)cc1)c1ccc([C@H]2SCC(=O)N2Cc2ccco2)cc1. The predicted molar refractivity (Wildman–Crippen MR) is 130 cm³/mol. The van der Waals surface area contributed by atoms with E-state index in [0.29, 0.717) is 24.4 Å². The molecule has 1 atom stereocenters. The standard InChI is InChI=1S/C26H27N3O3S/c30-24-18-33-26(29(24)17-23-4-3-15-32-23)21-9-7-20(8-10-21)25(31)27-16-19-5-11-22(12-6-19)28-13-1-2-14-28/h3-12,15,26H,1-2,13-14,16-18H2,(H,27,31)/t26-/m1/s1. The summed E-state index contributed by atoms with van der Waals surface area (Å²) in [6.07, 6.45) is 4.13. The van der Waals surface area contributed by atoms with Gasteiger partial charge < -0.3 is 19.5 Å². The largest absolute Gasteiger partial charge is 0.467 e. The van der Waals surface area contributed by atoms with Crippen molar-refractivity contribution in [2.45, 2.75) is 31.3 Å². The zero-order valence-electron chi connectivity index (χ0n) is 18.4. The van der Waals surface area contributed by atoms with Crippen LogP contribution in [0, 0.1) is 0 Å². The highest BCUT2D eigenvalue weighted by molar-refractivity contribution is 8.00. The van der Waals surface area contributed by atoms with E-state index in [1.807, 2.05) is 41.3 Å². The number of rotatable bonds is 7. The Balaban J connectivity index is 1.18. The molecule has 1 N–H and O–H groups in total. The summed E-state index contributed by atoms with van der Waals surface area (Å²) in [5.41, 5.74) is 3.95. The quantitative estimate of drug-likeness (QED) is 0.558. The van der Waals surface area contributed by atoms with E-state index >= 15 is 0 Å². The molecule has 2 aromatic carbocycles. The fraction of sp³-hybridized carbons (Fsp3) is 0.308. The van der Waals surface area contributed by atoms with Crippen molar-refractivity contribution in [3.05, 3.63) is 89.4 Å². The number of amides is 2. The number of hydrogen-bond donors (Lipinski definition) is 1. The van der Waals surface area contributed by atoms with E-state index in [1.54, 1.807) is 18.0 Å². The van der Waals surface area contributed by atoms with Gasteiger partial charge in [-0.05, 0) is 60.4 Å². The van der Waals surface area contributed by atoms with Crippen LogP contribution in [0.4, 0.5) is 5.69 Å². The van der Waals surface area contributed by atoms with Gasteiger partial charge in [0.25, 0.3) is 5.91 Å². The van der Waals surface area contributed by atoms with E-state index in [1.165, 1.54) is 18.5 Å². The lowest BCUT2D eigenvalue weighted by molar-refractivity contribution is -0.128. The van der Waals surface area contributed by atoms with Crippen LogP contribution >= 0.6 is 11.8 Å². The lowest BCUT2D eigenvalue weighted by atomic mass is 10.1. The van der Waals surface area contributed by atoms with Crippen molar-refractivity contribution < 1.29 is 14.0 Å². The van der Waals surface area contributed by atoms with E-state index in [-0.39, 0.29) is 17.2 Å². The Morgan fingerprint density at radius 2 is 1.79 bits per heavy atom. The van der Waals surface area contributed by atoms with Crippen molar-refractivity contribution in [2.75, 3.05) is 23.7 Å². The Morgan fingerprint density at radius 3 is 2.48 bits per heavy atom. The molecular formula is C26H27N3O3S. The molecule has 0 spiro atoms. The summed E-state index contributed by atoms with van der Waals surface area (Å²) < 4.78 is 5.42. The Labute approximate surface area is 197 Å². The number of nitrogens with zero attached hydrogens (tertiary/aromatic N) is 2. The fourth-order valence-electron chi connectivity index (χ4n) is 4.36. The maximum atomic E-state index is 12.7. The van der Waals surface area contributed by atoms with Crippen LogP contribution in [0.15, 0.2) is 71.3 Å². The molecule has 6 nitrogen and oxygen atoms in total. The van der Waals surface area contributed by atoms with Gasteiger partial charge >= 0.3 is 0 Å². The number of hydrogen-bond acceptors (Lipinski definition) is 5. The number of carbonyl (C=O) groups is 2. The lowest BCUT2D eigenvalue weighted by Crippen LogP contribution is -2.27. The van der Waals surface area contributed by atoms with Crippen LogP contribution in [-0.2, 0) is 17.9 Å². The Hall–Kier alpha value is -3.19. The van der Waals surface area contributed by atoms with Crippen LogP contribution in [-0.4, -0.2) is 35.6 Å². The number of carbonyl (C=O) groups excluding carboxylic acids is 2. The zero-order valence-corrected chi connectivity index (χ0v) is 19.2. The van der Waals surface area contributed by atoms with Gasteiger partial charge in [-0.1, -0.05) is 24.3 Å². The summed E-state index contributed by atoms with van der Waals surface area (Å²) in [7, 11) is 0. The summed E-state index contributed by atoms with van der Waals surface area (Å²) >= 11 is 1.60. The summed E-state index contributed by atoms with van der Waals surface area (Å²) in [6.45, 7) is 3.19. The molecule has 2 saturated heterocycles. The highest BCUT2D eigenvalue weighted by atomic mass is 32.2. The topological polar surface area (TPSA) is 65.8 Å². The average Bonchev–Trinajstić information content (AvgIpc) is 3.62. The first-order valence-corrected chi connectivity index (χ1v) is 12.4. The highest BCUT2D eigenvalue weighted by Crippen LogP contribution is 2.39. The smallest absolute Gasteiger partial charge is 0.251 e. The number of nitrogens with one attached hydrogen (secondary N) is 1. The molecule has 0 bridgehead atoms. The van der Waals surface area contributed by atoms with E-state index in [2.05, 4.69) is 34.5 Å². The molecule has 1 aromatic heterocycles. The van der Waals surface area contributed by atoms with Crippen molar-refractivity contribution in [1.82, 2.24) is 10.2 Å². The van der Waals surface area contributed by atoms with E-state index in [9.17, 15) is 9.59 Å². The van der Waals surface area contributed by atoms with Gasteiger partial charge in [0.1, 0.15) is 11.1 Å². The first-order chi connectivity index (χ1) is 16.2. The van der Waals surface area contributed by atoms with E-state index in [0.717, 1.165) is 30.0 Å². The van der Waals surface area contributed by atoms with Gasteiger partial charge in [-0.2, -0.15) is 0 Å². The molecular weight excluding hydrogens is 434 g/mol. The third kappa shape index (κ3) is 4.93. The second-order valence-corrected chi connectivity index (χ2v) is 9.50. The summed E-state index contributed by atoms with van der Waals surface area (Å²) in [4.78, 5) is 29.2. The van der Waals surface area contributed by atoms with Gasteiger partial charge in [-0.15, -0.1) is 11.8 Å². The van der Waals surface area contributed by atoms with Crippen molar-refractivity contribution in [2.24, 2.45) is 0 Å². The maximum absolute atomic E-state index is 12.7. The van der Waals surface area contributed by atoms with Crippen LogP contribution in [0.1, 0.15) is 45.5 Å². The second kappa shape index (κ2) is 9.75. The normalized spacial score (nSPS) is 18.2. The van der Waals surface area contributed by atoms with Gasteiger partial charge in [0.15, 0.2) is 0 Å². The first-order valence-electron chi connectivity index (χ1n) is 11.3. The molecule has 170 valence electrons. The maximum Gasteiger partial charge on any atom is 0.251 e. The number of thioether (sulfide) groups is 1. The zero-order chi connectivity index (χ0) is 22.6. The van der Waals surface area contributed by atoms with Crippen LogP contribution < -0.4 is 10.2 Å². The molecule has 5 rings (SSSR count). The Kier molecular flexibility index (Phi) is 6.39. The third-order valence-corrected chi connectivity index (χ3v) is 7.45. The molecule has 0 unspecified atom stereocenters. The molecule has 2 aliphatic rings. The van der Waals surface area contributed by atoms with E-state index in [4.69, 9.17) is 4.42 Å². The van der Waals surface area contributed by atoms with Crippen LogP contribution in [0.5, 0.6) is 0 Å². The van der Waals surface area contributed by atoms with Crippen molar-refractivity contribution >= 4 is 29.3 Å². The van der Waals surface area contributed by atoms with Gasteiger partial charge in [-0.25, -0.2) is 0 Å². The van der Waals surface area contributed by atoms with Gasteiger partial charge in [0.2, 0.25) is 5.91 Å². The minimum atomic E-state index is -0.104. The molecule has 2 fully saturated rings. The Morgan fingerprint density at radius 1 is 1.03 bits per heavy atom. The first kappa shape index (κ1) is 21.6. The number of anilines is 1. The molecule has 0 radical (unpaired) electrons. The predicted octanol–water partition coefficient (Wildman–Crippen LogP) is 4.58. The summed E-state index contributed by atoms with van der Waals surface area (Å²) in [5, 5.41) is 2.93. The van der Waals surface area contributed by atoms with Crippen molar-refractivity contribution in [3.63, 3.8) is 0 Å². The van der Waals surface area contributed by atoms with Crippen molar-refractivity contribution in [3.8, 4) is 0 Å². The average molecular weight is 462 g/mol. The van der Waals surface area contributed by atoms with Crippen molar-refractivity contribution in [1.29, 1.82) is 0 Å². The molecule has 7 heteroatoms. The molecule has 33 heavy (non-hydrogen) atoms. The second-order valence-electron chi connectivity index (χ2n) is 8.43. The summed E-state index contributed by atoms with van der Waals surface area (Å²) in [6, 6.07) is 19.7. The molecule has 0 aliphatic carbocycles. The molecule has 0 saturated carbocycles. The molecule has 3 aromatic rings. The summed E-state index contributed by atoms with van der Waals surface area (Å²) in [5.74, 6) is 1.21. The molecule has 2 aliphatic heterocycles. The van der Waals surface area contributed by atoms with Gasteiger partial charge in [0, 0.05) is 30.9 Å². The minimum Gasteiger partial charge on any atom is -0.467 e. The van der Waals surface area contributed by atoms with Crippen LogP contribution in [0.2, 0.25) is 0 Å². The molecule has 2 amide bonds. The van der Waals surface area contributed by atoms with Gasteiger partial charge in [-0.3, -0.25) is 9.59 Å². The highest BCUT2D eigenvalue weighted by Gasteiger charge is 2.33. The van der Waals surface area contributed by atoms with E-state index < -0.39 is 0 Å². The molecule has 3 heterocycles.